The number of aromatic nitrogens is 6. The van der Waals surface area contributed by atoms with E-state index in [1.165, 1.54) is 11.3 Å². The molecule has 0 aliphatic rings. The van der Waals surface area contributed by atoms with Gasteiger partial charge in [-0.2, -0.15) is 9.97 Å². The summed E-state index contributed by atoms with van der Waals surface area (Å²) in [4.78, 5) is 34.1. The van der Waals surface area contributed by atoms with Crippen LogP contribution in [0.1, 0.15) is 0 Å². The molecule has 4 aromatic heterocycles. The molecule has 10 rings (SSSR count). The summed E-state index contributed by atoms with van der Waals surface area (Å²) in [5.41, 5.74) is 7.41. The standard InChI is InChI=1S/C41H24N6OS/c48-39-30-16-8-10-18-36(30)49-41-42-32-21-19-28(24-35(32)47(39)41)27-20-22-34-31(23-27)29-15-7-9-17-33(29)46(34)40-44-37(25-11-3-1-4-12-25)43-38(45-40)26-13-5-2-6-14-26/h1-24H. The van der Waals surface area contributed by atoms with Gasteiger partial charge in [-0.15, -0.1) is 0 Å². The molecule has 0 fully saturated rings. The van der Waals surface area contributed by atoms with Crippen LogP contribution in [0.2, 0.25) is 0 Å². The number of fused-ring (bicyclic) bond motifs is 7. The number of nitrogens with zero attached hydrogens (tertiary/aromatic N) is 6. The van der Waals surface area contributed by atoms with E-state index < -0.39 is 0 Å². The van der Waals surface area contributed by atoms with Gasteiger partial charge in [0.1, 0.15) is 0 Å². The molecule has 0 N–H and O–H groups in total. The largest absolute Gasteiger partial charge is 0.278 e. The Morgan fingerprint density at radius 2 is 1.08 bits per heavy atom. The summed E-state index contributed by atoms with van der Waals surface area (Å²) < 4.78 is 4.80. The van der Waals surface area contributed by atoms with Gasteiger partial charge in [0.2, 0.25) is 5.95 Å². The topological polar surface area (TPSA) is 78.0 Å². The summed E-state index contributed by atoms with van der Waals surface area (Å²) in [5.74, 6) is 1.77. The Kier molecular flexibility index (Phi) is 6.06. The van der Waals surface area contributed by atoms with Crippen LogP contribution in [-0.2, 0) is 0 Å². The lowest BCUT2D eigenvalue weighted by Crippen LogP contribution is -2.11. The molecule has 10 aromatic rings. The average Bonchev–Trinajstić information content (AvgIpc) is 3.70. The zero-order chi connectivity index (χ0) is 32.5. The molecule has 7 nitrogen and oxygen atoms in total. The fourth-order valence-electron chi connectivity index (χ4n) is 6.71. The van der Waals surface area contributed by atoms with Gasteiger partial charge in [0.05, 0.1) is 27.5 Å². The Hall–Kier alpha value is -6.51. The number of hydrogen-bond donors (Lipinski definition) is 0. The number of para-hydroxylation sites is 1. The molecule has 0 saturated carbocycles. The van der Waals surface area contributed by atoms with E-state index in [1.807, 2.05) is 97.1 Å². The molecule has 0 amide bonds. The van der Waals surface area contributed by atoms with Crippen molar-refractivity contribution >= 4 is 59.2 Å². The van der Waals surface area contributed by atoms with Crippen molar-refractivity contribution in [2.24, 2.45) is 0 Å². The van der Waals surface area contributed by atoms with Crippen LogP contribution in [0.15, 0.2) is 150 Å². The first-order valence-electron chi connectivity index (χ1n) is 15.9. The van der Waals surface area contributed by atoms with Crippen LogP contribution in [0.4, 0.5) is 0 Å². The summed E-state index contributed by atoms with van der Waals surface area (Å²) in [6, 6.07) is 48.7. The lowest BCUT2D eigenvalue weighted by atomic mass is 10.0. The molecule has 49 heavy (non-hydrogen) atoms. The van der Waals surface area contributed by atoms with Gasteiger partial charge in [0, 0.05) is 26.6 Å². The van der Waals surface area contributed by atoms with E-state index in [0.717, 1.165) is 59.8 Å². The third-order valence-electron chi connectivity index (χ3n) is 9.04. The first-order valence-corrected chi connectivity index (χ1v) is 16.8. The lowest BCUT2D eigenvalue weighted by Gasteiger charge is -2.11. The van der Waals surface area contributed by atoms with Crippen LogP contribution in [-0.4, -0.2) is 28.9 Å². The third kappa shape index (κ3) is 4.38. The van der Waals surface area contributed by atoms with E-state index in [-0.39, 0.29) is 5.56 Å². The Bertz CT molecular complexity index is 2910. The quantitative estimate of drug-likeness (QED) is 0.190. The van der Waals surface area contributed by atoms with E-state index in [1.54, 1.807) is 4.40 Å². The smallest absolute Gasteiger partial charge is 0.266 e. The van der Waals surface area contributed by atoms with Gasteiger partial charge in [-0.3, -0.25) is 9.36 Å². The van der Waals surface area contributed by atoms with Crippen molar-refractivity contribution in [1.29, 1.82) is 0 Å². The van der Waals surface area contributed by atoms with Crippen LogP contribution >= 0.6 is 11.3 Å². The summed E-state index contributed by atoms with van der Waals surface area (Å²) in [6.07, 6.45) is 0. The first kappa shape index (κ1) is 27.6. The number of imidazole rings is 1. The van der Waals surface area contributed by atoms with Crippen LogP contribution < -0.4 is 5.56 Å². The van der Waals surface area contributed by atoms with Gasteiger partial charge in [0.15, 0.2) is 16.6 Å². The highest BCUT2D eigenvalue weighted by molar-refractivity contribution is 7.23. The van der Waals surface area contributed by atoms with E-state index in [2.05, 4.69) is 53.1 Å². The molecular formula is C41H24N6OS. The van der Waals surface area contributed by atoms with Crippen molar-refractivity contribution in [2.75, 3.05) is 0 Å². The predicted molar refractivity (Wildman–Crippen MR) is 198 cm³/mol. The van der Waals surface area contributed by atoms with Crippen molar-refractivity contribution in [3.05, 3.63) is 156 Å². The molecule has 0 atom stereocenters. The zero-order valence-corrected chi connectivity index (χ0v) is 26.7. The second-order valence-corrected chi connectivity index (χ2v) is 12.9. The Labute approximate surface area is 283 Å². The van der Waals surface area contributed by atoms with Crippen molar-refractivity contribution in [3.8, 4) is 39.9 Å². The van der Waals surface area contributed by atoms with E-state index in [9.17, 15) is 4.79 Å². The van der Waals surface area contributed by atoms with Gasteiger partial charge >= 0.3 is 0 Å². The Balaban J connectivity index is 1.18. The fraction of sp³-hybridized carbons (Fsp3) is 0. The monoisotopic (exact) mass is 648 g/mol. The maximum Gasteiger partial charge on any atom is 0.266 e. The molecule has 0 aliphatic carbocycles. The molecular weight excluding hydrogens is 625 g/mol. The van der Waals surface area contributed by atoms with Crippen LogP contribution in [0.3, 0.4) is 0 Å². The summed E-state index contributed by atoms with van der Waals surface area (Å²) >= 11 is 1.53. The average molecular weight is 649 g/mol. The summed E-state index contributed by atoms with van der Waals surface area (Å²) in [6.45, 7) is 0. The van der Waals surface area contributed by atoms with Gasteiger partial charge in [-0.1, -0.05) is 114 Å². The zero-order valence-electron chi connectivity index (χ0n) is 25.9. The SMILES string of the molecule is O=c1c2ccccc2sc2nc3ccc(-c4ccc5c(c4)c4ccccc4n5-c4nc(-c5ccccc5)nc(-c5ccccc5)n4)cc3n12. The van der Waals surface area contributed by atoms with Gasteiger partial charge < -0.3 is 0 Å². The predicted octanol–water partition coefficient (Wildman–Crippen LogP) is 9.35. The van der Waals surface area contributed by atoms with Crippen molar-refractivity contribution < 1.29 is 0 Å². The molecule has 230 valence electrons. The molecule has 8 heteroatoms. The minimum Gasteiger partial charge on any atom is -0.278 e. The third-order valence-corrected chi connectivity index (χ3v) is 10.1. The Morgan fingerprint density at radius 1 is 0.469 bits per heavy atom. The number of hydrogen-bond acceptors (Lipinski definition) is 6. The van der Waals surface area contributed by atoms with Crippen molar-refractivity contribution in [3.63, 3.8) is 0 Å². The van der Waals surface area contributed by atoms with Crippen LogP contribution in [0.5, 0.6) is 0 Å². The summed E-state index contributed by atoms with van der Waals surface area (Å²) in [5, 5.41) is 2.86. The first-order chi connectivity index (χ1) is 24.2. The highest BCUT2D eigenvalue weighted by atomic mass is 32.1. The highest BCUT2D eigenvalue weighted by Gasteiger charge is 2.19. The number of benzene rings is 6. The second kappa shape index (κ2) is 10.8. The van der Waals surface area contributed by atoms with Gasteiger partial charge in [0.25, 0.3) is 5.56 Å². The van der Waals surface area contributed by atoms with Crippen molar-refractivity contribution in [2.45, 2.75) is 0 Å². The lowest BCUT2D eigenvalue weighted by molar-refractivity contribution is 0.953. The molecule has 0 radical (unpaired) electrons. The molecule has 0 spiro atoms. The van der Waals surface area contributed by atoms with E-state index in [4.69, 9.17) is 19.9 Å². The van der Waals surface area contributed by atoms with Crippen LogP contribution in [0, 0.1) is 0 Å². The molecule has 4 heterocycles. The molecule has 6 aromatic carbocycles. The van der Waals surface area contributed by atoms with Gasteiger partial charge in [-0.05, 0) is 53.6 Å². The minimum atomic E-state index is -0.0513. The van der Waals surface area contributed by atoms with Gasteiger partial charge in [-0.25, -0.2) is 14.4 Å². The van der Waals surface area contributed by atoms with Crippen LogP contribution in [0.25, 0.3) is 87.7 Å². The molecule has 0 saturated heterocycles. The maximum atomic E-state index is 13.6. The number of rotatable bonds is 4. The Morgan fingerprint density at radius 3 is 1.84 bits per heavy atom. The highest BCUT2D eigenvalue weighted by Crippen LogP contribution is 2.36. The fourth-order valence-corrected chi connectivity index (χ4v) is 7.74. The second-order valence-electron chi connectivity index (χ2n) is 11.9. The van der Waals surface area contributed by atoms with E-state index >= 15 is 0 Å². The molecule has 0 aliphatic heterocycles. The summed E-state index contributed by atoms with van der Waals surface area (Å²) in [7, 11) is 0. The maximum absolute atomic E-state index is 13.6. The van der Waals surface area contributed by atoms with Crippen molar-refractivity contribution in [1.82, 2.24) is 28.9 Å². The van der Waals surface area contributed by atoms with E-state index in [0.29, 0.717) is 27.9 Å². The normalized spacial score (nSPS) is 11.8. The molecule has 0 bridgehead atoms. The molecule has 0 unspecified atom stereocenters. The minimum absolute atomic E-state index is 0.0513.